The first kappa shape index (κ1) is 58.2. The van der Waals surface area contributed by atoms with Gasteiger partial charge in [-0.1, -0.05) is 177 Å². The van der Waals surface area contributed by atoms with Gasteiger partial charge in [-0.3, -0.25) is 0 Å². The van der Waals surface area contributed by atoms with Gasteiger partial charge in [0.15, 0.2) is 25.5 Å². The minimum absolute atomic E-state index is 0. The molecule has 0 bridgehead atoms. The monoisotopic (exact) mass is 1310 g/mol. The largest absolute Gasteiger partial charge is 0.455 e. The summed E-state index contributed by atoms with van der Waals surface area (Å²) >= 11 is 0. The van der Waals surface area contributed by atoms with Crippen LogP contribution in [0.3, 0.4) is 0 Å². The summed E-state index contributed by atoms with van der Waals surface area (Å²) in [5.74, 6) is 0. The predicted molar refractivity (Wildman–Crippen MR) is 359 cm³/mol. The number of fused-ring (bicyclic) bond motifs is 11. The first-order valence-corrected chi connectivity index (χ1v) is 29.3. The number of nitrogens with zero attached hydrogens (tertiary/aromatic N) is 4. The van der Waals surface area contributed by atoms with E-state index in [2.05, 4.69) is 240 Å². The Bertz CT molecular complexity index is 4930. The predicted octanol–water partition coefficient (Wildman–Crippen LogP) is 19.9. The first-order chi connectivity index (χ1) is 42.4. The van der Waals surface area contributed by atoms with Crippen molar-refractivity contribution in [3.8, 4) is 78.4 Å². The standard InChI is InChI=1S/C24H16NO.2C23H18N.C11H8N.CH4.Ir/c1-16-14-22(17-8-3-2-4-9-17)25-15-21(16)20-12-7-11-19-18-10-5-6-13-23(18)26-24(19)20;1-16-13-23-20-11-5-3-8-18(20)14-24(23)15-22(16)21-12-6-9-17-7-2-4-10-19(17)21;1-16-12-23-21-9-5-4-8-20(21)14-24(23)15-22(16)19-11-10-17-6-2-3-7-18(17)13-19;1-2-6-10(7-3-1)11-8-4-5-9-12-11;;/h2-8,10-15H,1H3;2*2-13,15H,14H2,1H3;1-6,8-9H;1H4;/q-1;2*+1;-1;;. The van der Waals surface area contributed by atoms with Crippen LogP contribution >= 0.6 is 0 Å². The van der Waals surface area contributed by atoms with Crippen LogP contribution < -0.4 is 9.13 Å². The van der Waals surface area contributed by atoms with Gasteiger partial charge in [0.05, 0.1) is 11.1 Å². The second-order valence-corrected chi connectivity index (χ2v) is 22.1. The fourth-order valence-electron chi connectivity index (χ4n) is 12.3. The van der Waals surface area contributed by atoms with Crippen molar-refractivity contribution in [2.45, 2.75) is 41.3 Å². The molecule has 0 amide bonds. The summed E-state index contributed by atoms with van der Waals surface area (Å²) < 4.78 is 10.9. The van der Waals surface area contributed by atoms with E-state index >= 15 is 0 Å². The number of furan rings is 1. The summed E-state index contributed by atoms with van der Waals surface area (Å²) in [6, 6.07) is 97.1. The maximum atomic E-state index is 6.17. The molecule has 2 aliphatic rings. The van der Waals surface area contributed by atoms with Crippen LogP contribution in [0.5, 0.6) is 0 Å². The smallest absolute Gasteiger partial charge is 0.213 e. The second kappa shape index (κ2) is 25.8. The van der Waals surface area contributed by atoms with Gasteiger partial charge in [0.25, 0.3) is 0 Å². The van der Waals surface area contributed by atoms with Crippen LogP contribution in [0.4, 0.5) is 0 Å². The maximum absolute atomic E-state index is 6.17. The third kappa shape index (κ3) is 11.6. The number of aryl methyl sites for hydroxylation is 3. The normalized spacial score (nSPS) is 11.3. The minimum Gasteiger partial charge on any atom is -0.455 e. The Morgan fingerprint density at radius 2 is 0.920 bits per heavy atom. The molecule has 1 radical (unpaired) electrons. The number of aromatic nitrogens is 4. The number of para-hydroxylation sites is 2. The molecule has 0 N–H and O–H groups in total. The third-order valence-corrected chi connectivity index (χ3v) is 16.6. The Labute approximate surface area is 529 Å². The molecule has 6 heteroatoms. The van der Waals surface area contributed by atoms with E-state index < -0.39 is 0 Å². The van der Waals surface area contributed by atoms with Crippen molar-refractivity contribution >= 4 is 43.5 Å². The number of rotatable bonds is 5. The van der Waals surface area contributed by atoms with E-state index in [0.717, 1.165) is 68.7 Å². The fourth-order valence-corrected chi connectivity index (χ4v) is 12.3. The van der Waals surface area contributed by atoms with Gasteiger partial charge >= 0.3 is 0 Å². The molecule has 10 aromatic carbocycles. The Morgan fingerprint density at radius 1 is 0.386 bits per heavy atom. The summed E-state index contributed by atoms with van der Waals surface area (Å²) in [6.07, 6.45) is 8.37. The number of hydrogen-bond acceptors (Lipinski definition) is 3. The van der Waals surface area contributed by atoms with Gasteiger partial charge in [-0.05, 0) is 112 Å². The fraction of sp³-hybridized carbons (Fsp3) is 0.0732. The molecule has 0 fully saturated rings. The van der Waals surface area contributed by atoms with Crippen LogP contribution in [-0.4, -0.2) is 9.97 Å². The van der Waals surface area contributed by atoms with Crippen molar-refractivity contribution in [3.63, 3.8) is 0 Å². The third-order valence-electron chi connectivity index (χ3n) is 16.6. The minimum atomic E-state index is 0. The molecule has 2 aliphatic heterocycles. The van der Waals surface area contributed by atoms with Gasteiger partial charge in [-0.15, -0.1) is 71.8 Å². The molecule has 17 rings (SSSR count). The van der Waals surface area contributed by atoms with Gasteiger partial charge in [-0.2, -0.15) is 9.13 Å². The molecule has 15 aromatic rings. The first-order valence-electron chi connectivity index (χ1n) is 29.3. The van der Waals surface area contributed by atoms with Gasteiger partial charge in [0, 0.05) is 88.8 Å². The summed E-state index contributed by atoms with van der Waals surface area (Å²) in [7, 11) is 0. The van der Waals surface area contributed by atoms with Crippen molar-refractivity contribution in [2.75, 3.05) is 0 Å². The number of benzene rings is 10. The molecule has 88 heavy (non-hydrogen) atoms. The van der Waals surface area contributed by atoms with Crippen molar-refractivity contribution < 1.29 is 33.7 Å². The number of hydrogen-bond donors (Lipinski definition) is 0. The maximum Gasteiger partial charge on any atom is 0.213 e. The van der Waals surface area contributed by atoms with E-state index in [4.69, 9.17) is 4.42 Å². The zero-order chi connectivity index (χ0) is 57.9. The molecular formula is C82H64IrN4O. The van der Waals surface area contributed by atoms with Crippen LogP contribution in [0.2, 0.25) is 0 Å². The SMILES string of the molecule is C.Cc1cc(-c2[c-]cccc2)ncc1-c1cccc2c1oc1ccccc12.Cc1cc2[n+](cc1-c1ccc3ccccc3c1)Cc1ccccc1-2.Cc1cc2[n+](cc1-c1cccc3ccccc13)Cc1ccccc1-2.[Ir].[c-]1ccccc1-c1ccccn1. The molecule has 0 atom stereocenters. The van der Waals surface area contributed by atoms with Crippen LogP contribution in [0, 0.1) is 32.9 Å². The summed E-state index contributed by atoms with van der Waals surface area (Å²) in [4.78, 5) is 8.89. The quantitative estimate of drug-likeness (QED) is 0.127. The molecule has 5 nitrogen and oxygen atoms in total. The van der Waals surface area contributed by atoms with Gasteiger partial charge in [-0.25, -0.2) is 0 Å². The van der Waals surface area contributed by atoms with Crippen molar-refractivity contribution in [3.05, 3.63) is 326 Å². The second-order valence-electron chi connectivity index (χ2n) is 22.1. The Morgan fingerprint density at radius 3 is 1.60 bits per heavy atom. The van der Waals surface area contributed by atoms with Crippen LogP contribution in [-0.2, 0) is 33.2 Å². The van der Waals surface area contributed by atoms with E-state index in [1.807, 2.05) is 91.1 Å². The molecule has 0 saturated carbocycles. The van der Waals surface area contributed by atoms with E-state index in [-0.39, 0.29) is 27.5 Å². The Kier molecular flexibility index (Phi) is 17.0. The Hall–Kier alpha value is -10.2. The summed E-state index contributed by atoms with van der Waals surface area (Å²) in [5, 5.41) is 7.48. The van der Waals surface area contributed by atoms with Gasteiger partial charge in [0.2, 0.25) is 11.4 Å². The van der Waals surface area contributed by atoms with Crippen LogP contribution in [0.15, 0.2) is 290 Å². The Balaban J connectivity index is 0.000000117. The zero-order valence-electron chi connectivity index (χ0n) is 48.6. The average molecular weight is 1310 g/mol. The van der Waals surface area contributed by atoms with E-state index in [1.54, 1.807) is 6.20 Å². The van der Waals surface area contributed by atoms with Crippen molar-refractivity contribution in [2.24, 2.45) is 0 Å². The molecular weight excluding hydrogens is 1250 g/mol. The number of pyridine rings is 4. The van der Waals surface area contributed by atoms with Gasteiger partial charge < -0.3 is 14.4 Å². The van der Waals surface area contributed by atoms with E-state index in [1.165, 1.54) is 94.1 Å². The molecule has 0 saturated heterocycles. The van der Waals surface area contributed by atoms with E-state index in [0.29, 0.717) is 0 Å². The topological polar surface area (TPSA) is 46.7 Å². The zero-order valence-corrected chi connectivity index (χ0v) is 51.0. The molecule has 5 aromatic heterocycles. The van der Waals surface area contributed by atoms with Crippen LogP contribution in [0.1, 0.15) is 35.2 Å². The van der Waals surface area contributed by atoms with Crippen molar-refractivity contribution in [1.29, 1.82) is 0 Å². The summed E-state index contributed by atoms with van der Waals surface area (Å²) in [6.45, 7) is 8.48. The molecule has 427 valence electrons. The molecule has 7 heterocycles. The summed E-state index contributed by atoms with van der Waals surface area (Å²) in [5.41, 5.74) is 25.2. The molecule has 0 aliphatic carbocycles. The average Bonchev–Trinajstić information content (AvgIpc) is 2.39. The molecule has 0 spiro atoms. The van der Waals surface area contributed by atoms with Crippen LogP contribution in [0.25, 0.3) is 122 Å². The van der Waals surface area contributed by atoms with Gasteiger partial charge in [0.1, 0.15) is 11.2 Å². The molecule has 0 unspecified atom stereocenters. The van der Waals surface area contributed by atoms with Crippen molar-refractivity contribution in [1.82, 2.24) is 9.97 Å². The van der Waals surface area contributed by atoms with E-state index in [9.17, 15) is 0 Å².